The van der Waals surface area contributed by atoms with E-state index in [9.17, 15) is 4.79 Å². The van der Waals surface area contributed by atoms with Gasteiger partial charge in [-0.3, -0.25) is 4.98 Å². The SMILES string of the molecule is COC(=O)c1ccccc1-n1cccc1C1C(c2ccccn2)NC(=S)N1c1ccc(OC)cc1OC. The molecule has 0 saturated carbocycles. The summed E-state index contributed by atoms with van der Waals surface area (Å²) >= 11 is 5.88. The number of anilines is 1. The molecule has 0 spiro atoms. The van der Waals surface area contributed by atoms with Gasteiger partial charge in [0.1, 0.15) is 17.5 Å². The lowest BCUT2D eigenvalue weighted by atomic mass is 10.00. The lowest BCUT2D eigenvalue weighted by Gasteiger charge is -2.30. The Balaban J connectivity index is 1.71. The molecule has 0 bridgehead atoms. The molecule has 4 aromatic rings. The lowest BCUT2D eigenvalue weighted by molar-refractivity contribution is 0.0600. The highest BCUT2D eigenvalue weighted by molar-refractivity contribution is 7.80. The summed E-state index contributed by atoms with van der Waals surface area (Å²) < 4.78 is 18.2. The fourth-order valence-corrected chi connectivity index (χ4v) is 5.06. The number of methoxy groups -OCH3 is 3. The van der Waals surface area contributed by atoms with Gasteiger partial charge in [0, 0.05) is 24.2 Å². The molecule has 1 N–H and O–H groups in total. The van der Waals surface area contributed by atoms with Crippen LogP contribution in [0.25, 0.3) is 5.69 Å². The molecule has 9 heteroatoms. The maximum atomic E-state index is 12.6. The van der Waals surface area contributed by atoms with Crippen molar-refractivity contribution in [1.29, 1.82) is 0 Å². The number of nitrogens with zero attached hydrogens (tertiary/aromatic N) is 3. The number of rotatable bonds is 7. The number of thiocarbonyl (C=S) groups is 1. The van der Waals surface area contributed by atoms with E-state index in [1.54, 1.807) is 26.5 Å². The van der Waals surface area contributed by atoms with Gasteiger partial charge in [0.25, 0.3) is 0 Å². The predicted octanol–water partition coefficient (Wildman–Crippen LogP) is 4.85. The number of esters is 1. The summed E-state index contributed by atoms with van der Waals surface area (Å²) in [6.07, 6.45) is 3.69. The van der Waals surface area contributed by atoms with Crippen LogP contribution in [0.2, 0.25) is 0 Å². The number of nitrogens with one attached hydrogen (secondary N) is 1. The molecule has 0 radical (unpaired) electrons. The lowest BCUT2D eigenvalue weighted by Crippen LogP contribution is -2.30. The third-order valence-corrected chi connectivity index (χ3v) is 6.71. The highest BCUT2D eigenvalue weighted by atomic mass is 32.1. The second-order valence-electron chi connectivity index (χ2n) is 8.35. The average molecular weight is 515 g/mol. The number of benzene rings is 2. The maximum absolute atomic E-state index is 12.6. The first-order chi connectivity index (χ1) is 18.1. The number of carbonyl (C=O) groups is 1. The number of hydrogen-bond donors (Lipinski definition) is 1. The Morgan fingerprint density at radius 3 is 2.49 bits per heavy atom. The van der Waals surface area contributed by atoms with Crippen molar-refractivity contribution in [2.24, 2.45) is 0 Å². The first-order valence-electron chi connectivity index (χ1n) is 11.6. The molecule has 0 amide bonds. The number of carbonyl (C=O) groups excluding carboxylic acids is 1. The highest BCUT2D eigenvalue weighted by Crippen LogP contribution is 2.45. The van der Waals surface area contributed by atoms with Gasteiger partial charge >= 0.3 is 5.97 Å². The fraction of sp³-hybridized carbons (Fsp3) is 0.179. The molecule has 2 aromatic carbocycles. The Labute approximate surface area is 220 Å². The molecule has 188 valence electrons. The normalized spacial score (nSPS) is 16.8. The van der Waals surface area contributed by atoms with Crippen LogP contribution >= 0.6 is 12.2 Å². The van der Waals surface area contributed by atoms with Crippen LogP contribution in [0.3, 0.4) is 0 Å². The number of para-hydroxylation sites is 1. The monoisotopic (exact) mass is 514 g/mol. The Morgan fingerprint density at radius 2 is 1.76 bits per heavy atom. The van der Waals surface area contributed by atoms with Crippen LogP contribution in [0.15, 0.2) is 85.2 Å². The molecule has 5 rings (SSSR count). The third kappa shape index (κ3) is 4.38. The van der Waals surface area contributed by atoms with Gasteiger partial charge in [-0.2, -0.15) is 0 Å². The first kappa shape index (κ1) is 24.3. The van der Waals surface area contributed by atoms with Crippen LogP contribution in [-0.2, 0) is 4.74 Å². The molecule has 1 saturated heterocycles. The molecule has 0 aliphatic carbocycles. The van der Waals surface area contributed by atoms with Crippen LogP contribution in [0.4, 0.5) is 5.69 Å². The van der Waals surface area contributed by atoms with E-state index in [2.05, 4.69) is 10.3 Å². The van der Waals surface area contributed by atoms with Crippen molar-refractivity contribution in [2.75, 3.05) is 26.2 Å². The summed E-state index contributed by atoms with van der Waals surface area (Å²) in [5.74, 6) is 0.875. The zero-order valence-electron chi connectivity index (χ0n) is 20.6. The maximum Gasteiger partial charge on any atom is 0.339 e. The molecule has 2 aromatic heterocycles. The first-order valence-corrected chi connectivity index (χ1v) is 12.1. The Kier molecular flexibility index (Phi) is 6.78. The van der Waals surface area contributed by atoms with Crippen LogP contribution in [-0.4, -0.2) is 42.0 Å². The largest absolute Gasteiger partial charge is 0.497 e. The zero-order valence-corrected chi connectivity index (χ0v) is 21.4. The smallest absolute Gasteiger partial charge is 0.339 e. The van der Waals surface area contributed by atoms with E-state index in [0.29, 0.717) is 27.9 Å². The highest BCUT2D eigenvalue weighted by Gasteiger charge is 2.43. The van der Waals surface area contributed by atoms with Gasteiger partial charge in [0.05, 0.1) is 50.0 Å². The summed E-state index contributed by atoms with van der Waals surface area (Å²) in [5.41, 5.74) is 3.67. The van der Waals surface area contributed by atoms with Crippen LogP contribution in [0.1, 0.15) is 33.8 Å². The van der Waals surface area contributed by atoms with Crippen molar-refractivity contribution in [2.45, 2.75) is 12.1 Å². The van der Waals surface area contributed by atoms with Crippen molar-refractivity contribution < 1.29 is 19.0 Å². The summed E-state index contributed by atoms with van der Waals surface area (Å²) in [6, 6.07) is 22.1. The van der Waals surface area contributed by atoms with Crippen molar-refractivity contribution in [3.8, 4) is 17.2 Å². The van der Waals surface area contributed by atoms with E-state index < -0.39 is 5.97 Å². The fourth-order valence-electron chi connectivity index (χ4n) is 4.72. The van der Waals surface area contributed by atoms with E-state index in [1.807, 2.05) is 82.4 Å². The number of hydrogen-bond acceptors (Lipinski definition) is 6. The van der Waals surface area contributed by atoms with Crippen LogP contribution in [0.5, 0.6) is 11.5 Å². The minimum atomic E-state index is -0.412. The average Bonchev–Trinajstić information content (AvgIpc) is 3.56. The van der Waals surface area contributed by atoms with Crippen molar-refractivity contribution >= 4 is 29.0 Å². The van der Waals surface area contributed by atoms with Crippen molar-refractivity contribution in [3.63, 3.8) is 0 Å². The van der Waals surface area contributed by atoms with Gasteiger partial charge in [-0.25, -0.2) is 4.79 Å². The molecule has 1 aliphatic heterocycles. The van der Waals surface area contributed by atoms with E-state index in [0.717, 1.165) is 17.1 Å². The summed E-state index contributed by atoms with van der Waals surface area (Å²) in [6.45, 7) is 0. The van der Waals surface area contributed by atoms with Crippen molar-refractivity contribution in [3.05, 3.63) is 102 Å². The predicted molar refractivity (Wildman–Crippen MR) is 145 cm³/mol. The molecule has 2 atom stereocenters. The number of ether oxygens (including phenoxy) is 3. The third-order valence-electron chi connectivity index (χ3n) is 6.40. The van der Waals surface area contributed by atoms with E-state index >= 15 is 0 Å². The summed E-state index contributed by atoms with van der Waals surface area (Å²) in [7, 11) is 4.61. The van der Waals surface area contributed by atoms with Gasteiger partial charge in [-0.1, -0.05) is 18.2 Å². The molecule has 1 fully saturated rings. The zero-order chi connectivity index (χ0) is 25.9. The second kappa shape index (κ2) is 10.3. The topological polar surface area (TPSA) is 77.9 Å². The Hall–Kier alpha value is -4.37. The minimum absolute atomic E-state index is 0.278. The quantitative estimate of drug-likeness (QED) is 0.277. The van der Waals surface area contributed by atoms with Gasteiger partial charge in [-0.05, 0) is 60.7 Å². The summed E-state index contributed by atoms with van der Waals surface area (Å²) in [4.78, 5) is 19.3. The van der Waals surface area contributed by atoms with E-state index in [4.69, 9.17) is 26.4 Å². The molecular weight excluding hydrogens is 488 g/mol. The van der Waals surface area contributed by atoms with Crippen molar-refractivity contribution in [1.82, 2.24) is 14.9 Å². The molecule has 2 unspecified atom stereocenters. The molecule has 1 aliphatic rings. The second-order valence-corrected chi connectivity index (χ2v) is 8.73. The Morgan fingerprint density at radius 1 is 0.946 bits per heavy atom. The molecule has 3 heterocycles. The number of aromatic nitrogens is 2. The van der Waals surface area contributed by atoms with Crippen LogP contribution < -0.4 is 19.7 Å². The van der Waals surface area contributed by atoms with E-state index in [1.165, 1.54) is 7.11 Å². The standard InChI is InChI=1S/C28H26N4O4S/c1-34-18-13-14-22(24(17-18)35-2)32-26(25(30-28(32)37)20-10-6-7-15-29-20)23-12-8-16-31(23)21-11-5-4-9-19(21)27(33)36-3/h4-17,25-26H,1-3H3,(H,30,37). The molecule has 8 nitrogen and oxygen atoms in total. The summed E-state index contributed by atoms with van der Waals surface area (Å²) in [5, 5.41) is 3.99. The molecule has 37 heavy (non-hydrogen) atoms. The van der Waals surface area contributed by atoms with Gasteiger partial charge in [0.15, 0.2) is 5.11 Å². The van der Waals surface area contributed by atoms with E-state index in [-0.39, 0.29) is 12.1 Å². The minimum Gasteiger partial charge on any atom is -0.497 e. The van der Waals surface area contributed by atoms with Gasteiger partial charge in [-0.15, -0.1) is 0 Å². The molecular formula is C28H26N4O4S. The Bertz CT molecular complexity index is 1440. The number of pyridine rings is 1. The van der Waals surface area contributed by atoms with Gasteiger partial charge in [0.2, 0.25) is 0 Å². The van der Waals surface area contributed by atoms with Crippen LogP contribution in [0, 0.1) is 0 Å². The van der Waals surface area contributed by atoms with Gasteiger partial charge < -0.3 is 29.0 Å².